The Bertz CT molecular complexity index is 766. The zero-order chi connectivity index (χ0) is 13.4. The summed E-state index contributed by atoms with van der Waals surface area (Å²) in [5.74, 6) is 0.673. The van der Waals surface area contributed by atoms with Crippen LogP contribution in [0.15, 0.2) is 42.5 Å². The van der Waals surface area contributed by atoms with Crippen LogP contribution in [0.2, 0.25) is 5.15 Å². The second-order valence-electron chi connectivity index (χ2n) is 4.68. The predicted octanol–water partition coefficient (Wildman–Crippen LogP) is 4.57. The molecule has 1 aromatic heterocycles. The first-order valence-corrected chi connectivity index (χ1v) is 6.53. The zero-order valence-corrected chi connectivity index (χ0v) is 11.6. The monoisotopic (exact) mass is 268 g/mol. The van der Waals surface area contributed by atoms with Gasteiger partial charge < -0.3 is 0 Å². The summed E-state index contributed by atoms with van der Waals surface area (Å²) >= 11 is 6.31. The highest BCUT2D eigenvalue weighted by Crippen LogP contribution is 2.27. The van der Waals surface area contributed by atoms with Gasteiger partial charge in [-0.2, -0.15) is 0 Å². The number of aromatic nitrogens is 2. The van der Waals surface area contributed by atoms with Crippen molar-refractivity contribution >= 4 is 22.5 Å². The lowest BCUT2D eigenvalue weighted by atomic mass is 10.1. The third-order valence-corrected chi connectivity index (χ3v) is 3.44. The minimum Gasteiger partial charge on any atom is -0.228 e. The van der Waals surface area contributed by atoms with Crippen molar-refractivity contribution in [1.82, 2.24) is 9.97 Å². The van der Waals surface area contributed by atoms with Gasteiger partial charge in [0, 0.05) is 10.9 Å². The van der Waals surface area contributed by atoms with Crippen LogP contribution in [0, 0.1) is 13.8 Å². The summed E-state index contributed by atoms with van der Waals surface area (Å²) in [7, 11) is 0. The van der Waals surface area contributed by atoms with Gasteiger partial charge in [0.25, 0.3) is 0 Å². The molecule has 0 saturated heterocycles. The number of hydrogen-bond donors (Lipinski definition) is 0. The van der Waals surface area contributed by atoms with Gasteiger partial charge in [-0.25, -0.2) is 9.97 Å². The molecule has 0 N–H and O–H groups in total. The molecule has 0 unspecified atom stereocenters. The van der Waals surface area contributed by atoms with Crippen LogP contribution >= 0.6 is 11.6 Å². The Morgan fingerprint density at radius 2 is 1.74 bits per heavy atom. The van der Waals surface area contributed by atoms with Crippen LogP contribution < -0.4 is 0 Å². The minimum atomic E-state index is 0.514. The normalized spacial score (nSPS) is 10.9. The van der Waals surface area contributed by atoms with E-state index in [4.69, 9.17) is 11.6 Å². The molecule has 94 valence electrons. The first kappa shape index (κ1) is 12.1. The van der Waals surface area contributed by atoms with Gasteiger partial charge in [0.05, 0.1) is 5.52 Å². The summed E-state index contributed by atoms with van der Waals surface area (Å²) in [6.07, 6.45) is 0. The van der Waals surface area contributed by atoms with Crippen molar-refractivity contribution in [3.63, 3.8) is 0 Å². The summed E-state index contributed by atoms with van der Waals surface area (Å²) in [5, 5.41) is 1.44. The fourth-order valence-corrected chi connectivity index (χ4v) is 2.54. The summed E-state index contributed by atoms with van der Waals surface area (Å²) in [5.41, 5.74) is 4.15. The van der Waals surface area contributed by atoms with Gasteiger partial charge in [0.15, 0.2) is 5.82 Å². The maximum atomic E-state index is 6.31. The van der Waals surface area contributed by atoms with Crippen LogP contribution in [-0.2, 0) is 0 Å². The Morgan fingerprint density at radius 1 is 0.947 bits per heavy atom. The van der Waals surface area contributed by atoms with E-state index in [9.17, 15) is 0 Å². The highest BCUT2D eigenvalue weighted by atomic mass is 35.5. The Balaban J connectivity index is 2.27. The second kappa shape index (κ2) is 4.63. The molecule has 0 aliphatic carbocycles. The van der Waals surface area contributed by atoms with Crippen molar-refractivity contribution in [1.29, 1.82) is 0 Å². The van der Waals surface area contributed by atoms with Gasteiger partial charge >= 0.3 is 0 Å². The molecule has 0 fully saturated rings. The van der Waals surface area contributed by atoms with E-state index in [1.807, 2.05) is 37.3 Å². The van der Waals surface area contributed by atoms with E-state index in [0.717, 1.165) is 22.0 Å². The number of hydrogen-bond acceptors (Lipinski definition) is 2. The molecule has 1 heterocycles. The van der Waals surface area contributed by atoms with Crippen molar-refractivity contribution in [3.8, 4) is 11.4 Å². The molecule has 19 heavy (non-hydrogen) atoms. The van der Waals surface area contributed by atoms with E-state index in [2.05, 4.69) is 29.0 Å². The van der Waals surface area contributed by atoms with Crippen LogP contribution in [0.4, 0.5) is 0 Å². The highest BCUT2D eigenvalue weighted by Gasteiger charge is 2.09. The second-order valence-corrected chi connectivity index (χ2v) is 5.03. The lowest BCUT2D eigenvalue weighted by molar-refractivity contribution is 1.22. The van der Waals surface area contributed by atoms with Gasteiger partial charge in [-0.3, -0.25) is 0 Å². The zero-order valence-electron chi connectivity index (χ0n) is 10.8. The minimum absolute atomic E-state index is 0.514. The van der Waals surface area contributed by atoms with Gasteiger partial charge in [-0.15, -0.1) is 0 Å². The lowest BCUT2D eigenvalue weighted by Crippen LogP contribution is -1.93. The number of nitrogens with zero attached hydrogens (tertiary/aromatic N) is 2. The van der Waals surface area contributed by atoms with Gasteiger partial charge in [0.2, 0.25) is 0 Å². The fourth-order valence-electron chi connectivity index (χ4n) is 2.22. The Labute approximate surface area is 117 Å². The molecule has 2 aromatic carbocycles. The van der Waals surface area contributed by atoms with E-state index < -0.39 is 0 Å². The molecule has 0 saturated carbocycles. The molecule has 0 atom stereocenters. The summed E-state index contributed by atoms with van der Waals surface area (Å²) < 4.78 is 0. The molecule has 0 spiro atoms. The van der Waals surface area contributed by atoms with Crippen molar-refractivity contribution in [3.05, 3.63) is 58.7 Å². The van der Waals surface area contributed by atoms with Crippen LogP contribution in [0.25, 0.3) is 22.3 Å². The van der Waals surface area contributed by atoms with E-state index in [0.29, 0.717) is 11.0 Å². The first-order chi connectivity index (χ1) is 9.15. The molecular weight excluding hydrogens is 256 g/mol. The topological polar surface area (TPSA) is 25.8 Å². The van der Waals surface area contributed by atoms with Crippen molar-refractivity contribution in [2.45, 2.75) is 13.8 Å². The summed E-state index contributed by atoms with van der Waals surface area (Å²) in [6.45, 7) is 4.07. The summed E-state index contributed by atoms with van der Waals surface area (Å²) in [4.78, 5) is 9.04. The number of benzene rings is 2. The summed E-state index contributed by atoms with van der Waals surface area (Å²) in [6, 6.07) is 14.1. The highest BCUT2D eigenvalue weighted by molar-refractivity contribution is 6.34. The van der Waals surface area contributed by atoms with Crippen LogP contribution in [0.5, 0.6) is 0 Å². The SMILES string of the molecule is Cc1cccc(-c2nc(Cl)c3c(C)cccc3n2)c1. The van der Waals surface area contributed by atoms with Crippen molar-refractivity contribution in [2.75, 3.05) is 0 Å². The Kier molecular flexibility index (Phi) is 2.96. The average molecular weight is 269 g/mol. The third-order valence-electron chi connectivity index (χ3n) is 3.16. The number of rotatable bonds is 1. The Hall–Kier alpha value is -1.93. The number of halogens is 1. The predicted molar refractivity (Wildman–Crippen MR) is 79.5 cm³/mol. The molecule has 0 radical (unpaired) electrons. The van der Waals surface area contributed by atoms with Crippen LogP contribution in [0.3, 0.4) is 0 Å². The molecule has 3 aromatic rings. The molecule has 0 aliphatic rings. The van der Waals surface area contributed by atoms with Crippen LogP contribution in [0.1, 0.15) is 11.1 Å². The van der Waals surface area contributed by atoms with Crippen LogP contribution in [-0.4, -0.2) is 9.97 Å². The quantitative estimate of drug-likeness (QED) is 0.604. The van der Waals surface area contributed by atoms with Crippen molar-refractivity contribution in [2.24, 2.45) is 0 Å². The molecule has 3 rings (SSSR count). The lowest BCUT2D eigenvalue weighted by Gasteiger charge is -2.07. The maximum absolute atomic E-state index is 6.31. The van der Waals surface area contributed by atoms with E-state index in [1.165, 1.54) is 5.56 Å². The van der Waals surface area contributed by atoms with E-state index in [1.54, 1.807) is 0 Å². The molecule has 2 nitrogen and oxygen atoms in total. The standard InChI is InChI=1S/C16H13ClN2/c1-10-5-3-7-12(9-10)16-18-13-8-4-6-11(2)14(13)15(17)19-16/h3-9H,1-2H3. The van der Waals surface area contributed by atoms with Gasteiger partial charge in [-0.1, -0.05) is 47.5 Å². The first-order valence-electron chi connectivity index (χ1n) is 6.15. The largest absolute Gasteiger partial charge is 0.228 e. The van der Waals surface area contributed by atoms with Gasteiger partial charge in [-0.05, 0) is 31.5 Å². The maximum Gasteiger partial charge on any atom is 0.161 e. The van der Waals surface area contributed by atoms with Gasteiger partial charge in [0.1, 0.15) is 5.15 Å². The third kappa shape index (κ3) is 2.20. The van der Waals surface area contributed by atoms with E-state index >= 15 is 0 Å². The molecule has 0 amide bonds. The Morgan fingerprint density at radius 3 is 2.53 bits per heavy atom. The molecule has 0 aliphatic heterocycles. The van der Waals surface area contributed by atoms with E-state index in [-0.39, 0.29) is 0 Å². The molecule has 3 heteroatoms. The average Bonchev–Trinajstić information content (AvgIpc) is 2.38. The number of aryl methyl sites for hydroxylation is 2. The molecule has 0 bridgehead atoms. The number of fused-ring (bicyclic) bond motifs is 1. The van der Waals surface area contributed by atoms with Crippen molar-refractivity contribution < 1.29 is 0 Å². The molecular formula is C16H13ClN2. The fraction of sp³-hybridized carbons (Fsp3) is 0.125. The smallest absolute Gasteiger partial charge is 0.161 e.